The van der Waals surface area contributed by atoms with Crippen LogP contribution in [0.3, 0.4) is 0 Å². The maximum Gasteiger partial charge on any atom is 0.417 e. The summed E-state index contributed by atoms with van der Waals surface area (Å²) in [6, 6.07) is 5.23. The molecule has 0 saturated carbocycles. The van der Waals surface area contributed by atoms with Crippen molar-refractivity contribution >= 4 is 34.1 Å². The molecule has 0 spiro atoms. The van der Waals surface area contributed by atoms with Crippen LogP contribution in [0.1, 0.15) is 5.56 Å². The van der Waals surface area contributed by atoms with E-state index in [1.165, 1.54) is 12.1 Å². The molecule has 0 aliphatic rings. The predicted molar refractivity (Wildman–Crippen MR) is 68.7 cm³/mol. The fraction of sp³-hybridized carbons (Fsp3) is 0.100. The maximum atomic E-state index is 12.5. The zero-order chi connectivity index (χ0) is 13.9. The van der Waals surface area contributed by atoms with Gasteiger partial charge in [0.25, 0.3) is 0 Å². The van der Waals surface area contributed by atoms with Crippen LogP contribution < -0.4 is 17.2 Å². The molecule has 0 bridgehead atoms. The topological polar surface area (TPSA) is 93.8 Å². The summed E-state index contributed by atoms with van der Waals surface area (Å²) in [7, 11) is 0. The summed E-state index contributed by atoms with van der Waals surface area (Å²) in [5.74, 6) is 0.233. The van der Waals surface area contributed by atoms with E-state index >= 15 is 0 Å². The van der Waals surface area contributed by atoms with Crippen LogP contribution in [0.4, 0.5) is 19.0 Å². The normalized spacial score (nSPS) is 10.8. The van der Waals surface area contributed by atoms with Gasteiger partial charge in [-0.2, -0.15) is 13.2 Å². The van der Waals surface area contributed by atoms with Gasteiger partial charge in [-0.25, -0.2) is 0 Å². The Kier molecular flexibility index (Phi) is 4.02. The molecule has 2 rings (SSSR count). The third kappa shape index (κ3) is 3.52. The Morgan fingerprint density at radius 1 is 1.22 bits per heavy atom. The summed E-state index contributed by atoms with van der Waals surface area (Å²) in [6.45, 7) is 0. The number of nitrogen functional groups attached to an aromatic ring is 1. The van der Waals surface area contributed by atoms with E-state index in [4.69, 9.17) is 5.73 Å². The Hall–Kier alpha value is -1.96. The first-order chi connectivity index (χ1) is 8.21. The number of aromatic amines is 1. The first kappa shape index (κ1) is 14.1. The van der Waals surface area contributed by atoms with Crippen molar-refractivity contribution in [3.05, 3.63) is 29.8 Å². The van der Waals surface area contributed by atoms with Crippen molar-refractivity contribution in [2.45, 2.75) is 6.18 Å². The average molecular weight is 276 g/mol. The van der Waals surface area contributed by atoms with E-state index in [-0.39, 0.29) is 16.3 Å². The lowest BCUT2D eigenvalue weighted by molar-refractivity contribution is -0.136. The largest absolute Gasteiger partial charge is 0.417 e. The minimum absolute atomic E-state index is 0.000000000000000222. The molecule has 0 amide bonds. The highest BCUT2D eigenvalue weighted by atomic mass is 32.1. The molecular weight excluding hydrogens is 265 g/mol. The number of nitrogens with two attached hydrogens (primary N) is 3. The van der Waals surface area contributed by atoms with Crippen LogP contribution >= 0.6 is 12.2 Å². The molecule has 7 N–H and O–H groups in total. The average Bonchev–Trinajstić information content (AvgIpc) is 2.54. The lowest BCUT2D eigenvalue weighted by Crippen LogP contribution is -2.18. The van der Waals surface area contributed by atoms with Crippen molar-refractivity contribution < 1.29 is 13.2 Å². The number of H-pyrrole nitrogens is 1. The minimum Gasteiger partial charge on any atom is -0.385 e. The summed E-state index contributed by atoms with van der Waals surface area (Å²) >= 11 is 4.09. The number of anilines is 1. The number of halogens is 3. The summed E-state index contributed by atoms with van der Waals surface area (Å²) in [5.41, 5.74) is 14.4. The van der Waals surface area contributed by atoms with Crippen LogP contribution in [0, 0.1) is 0 Å². The number of hydrogen-bond donors (Lipinski definition) is 4. The van der Waals surface area contributed by atoms with E-state index in [1.807, 2.05) is 0 Å². The fourth-order valence-corrected chi connectivity index (χ4v) is 1.42. The van der Waals surface area contributed by atoms with Crippen LogP contribution in [0.25, 0.3) is 10.9 Å². The van der Waals surface area contributed by atoms with Gasteiger partial charge in [0.15, 0.2) is 5.11 Å². The zero-order valence-corrected chi connectivity index (χ0v) is 9.90. The molecule has 4 nitrogen and oxygen atoms in total. The molecule has 0 atom stereocenters. The van der Waals surface area contributed by atoms with Gasteiger partial charge < -0.3 is 22.2 Å². The van der Waals surface area contributed by atoms with E-state index in [1.54, 1.807) is 6.07 Å². The summed E-state index contributed by atoms with van der Waals surface area (Å²) in [4.78, 5) is 2.65. The molecule has 1 aromatic carbocycles. The SMILES string of the molecule is NC(N)=S.Nc1cc2c(C(F)(F)F)cccc2[nH]1. The van der Waals surface area contributed by atoms with E-state index in [2.05, 4.69) is 28.7 Å². The van der Waals surface area contributed by atoms with Crippen LogP contribution in [-0.4, -0.2) is 10.1 Å². The number of rotatable bonds is 0. The Labute approximate surface area is 106 Å². The Bertz CT molecular complexity index is 558. The number of nitrogens with one attached hydrogen (secondary N) is 1. The van der Waals surface area contributed by atoms with Gasteiger partial charge in [0.05, 0.1) is 5.56 Å². The monoisotopic (exact) mass is 276 g/mol. The van der Waals surface area contributed by atoms with Crippen LogP contribution in [0.15, 0.2) is 24.3 Å². The molecule has 0 aliphatic carbocycles. The second kappa shape index (κ2) is 5.13. The molecule has 0 saturated heterocycles. The molecule has 0 aliphatic heterocycles. The highest BCUT2D eigenvalue weighted by molar-refractivity contribution is 7.80. The second-order valence-electron chi connectivity index (χ2n) is 3.39. The maximum absolute atomic E-state index is 12.5. The summed E-state index contributed by atoms with van der Waals surface area (Å²) in [5, 5.41) is 0.109. The number of hydrogen-bond acceptors (Lipinski definition) is 2. The lowest BCUT2D eigenvalue weighted by atomic mass is 10.1. The first-order valence-corrected chi connectivity index (χ1v) is 5.12. The molecule has 2 aromatic rings. The van der Waals surface area contributed by atoms with Crippen molar-refractivity contribution in [1.29, 1.82) is 0 Å². The van der Waals surface area contributed by atoms with Crippen molar-refractivity contribution in [2.75, 3.05) is 5.73 Å². The molecule has 0 unspecified atom stereocenters. The number of alkyl halides is 3. The van der Waals surface area contributed by atoms with Gasteiger partial charge in [-0.3, -0.25) is 0 Å². The standard InChI is InChI=1S/C9H7F3N2.CH4N2S/c10-9(11,12)6-2-1-3-7-5(6)4-8(13)14-7;2-1(3)4/h1-4,14H,13H2;(H4,2,3,4). The third-order valence-electron chi connectivity index (χ3n) is 1.99. The van der Waals surface area contributed by atoms with Gasteiger partial charge in [-0.15, -0.1) is 0 Å². The highest BCUT2D eigenvalue weighted by Crippen LogP contribution is 2.35. The summed E-state index contributed by atoms with van der Waals surface area (Å²) in [6.07, 6.45) is -4.34. The van der Waals surface area contributed by atoms with Crippen molar-refractivity contribution in [3.8, 4) is 0 Å². The van der Waals surface area contributed by atoms with Gasteiger partial charge in [-0.05, 0) is 30.4 Å². The highest BCUT2D eigenvalue weighted by Gasteiger charge is 2.32. The second-order valence-corrected chi connectivity index (χ2v) is 3.86. The Morgan fingerprint density at radius 2 is 1.78 bits per heavy atom. The molecule has 98 valence electrons. The van der Waals surface area contributed by atoms with E-state index < -0.39 is 11.7 Å². The van der Waals surface area contributed by atoms with Crippen LogP contribution in [0.2, 0.25) is 0 Å². The molecular formula is C10H11F3N4S. The van der Waals surface area contributed by atoms with Gasteiger partial charge in [-0.1, -0.05) is 6.07 Å². The molecule has 8 heteroatoms. The van der Waals surface area contributed by atoms with Gasteiger partial charge in [0.2, 0.25) is 0 Å². The number of thiocarbonyl (C=S) groups is 1. The van der Waals surface area contributed by atoms with Crippen molar-refractivity contribution in [1.82, 2.24) is 4.98 Å². The van der Waals surface area contributed by atoms with Crippen LogP contribution in [-0.2, 0) is 6.18 Å². The smallest absolute Gasteiger partial charge is 0.385 e. The van der Waals surface area contributed by atoms with Gasteiger partial charge >= 0.3 is 6.18 Å². The quantitative estimate of drug-likeness (QED) is 0.553. The number of benzene rings is 1. The number of aromatic nitrogens is 1. The van der Waals surface area contributed by atoms with E-state index in [0.717, 1.165) is 6.07 Å². The fourth-order valence-electron chi connectivity index (χ4n) is 1.42. The van der Waals surface area contributed by atoms with Crippen molar-refractivity contribution in [2.24, 2.45) is 11.5 Å². The Morgan fingerprint density at radius 3 is 2.28 bits per heavy atom. The molecule has 0 radical (unpaired) electrons. The molecule has 0 fully saturated rings. The zero-order valence-electron chi connectivity index (χ0n) is 9.08. The molecule has 1 aromatic heterocycles. The Balaban J connectivity index is 0.000000357. The number of fused-ring (bicyclic) bond motifs is 1. The minimum atomic E-state index is -4.34. The third-order valence-corrected chi connectivity index (χ3v) is 1.99. The van der Waals surface area contributed by atoms with Gasteiger partial charge in [0, 0.05) is 10.9 Å². The van der Waals surface area contributed by atoms with Gasteiger partial charge in [0.1, 0.15) is 5.82 Å². The van der Waals surface area contributed by atoms with E-state index in [9.17, 15) is 13.2 Å². The summed E-state index contributed by atoms with van der Waals surface area (Å²) < 4.78 is 37.4. The molecule has 18 heavy (non-hydrogen) atoms. The van der Waals surface area contributed by atoms with Crippen molar-refractivity contribution in [3.63, 3.8) is 0 Å². The lowest BCUT2D eigenvalue weighted by Gasteiger charge is -2.06. The van der Waals surface area contributed by atoms with Crippen LogP contribution in [0.5, 0.6) is 0 Å². The van der Waals surface area contributed by atoms with E-state index in [0.29, 0.717) is 5.52 Å². The molecule has 1 heterocycles. The first-order valence-electron chi connectivity index (χ1n) is 4.71. The predicted octanol–water partition coefficient (Wildman–Crippen LogP) is 1.96.